The van der Waals surface area contributed by atoms with Gasteiger partial charge in [-0.25, -0.2) is 0 Å². The maximum Gasteiger partial charge on any atom is 0.257 e. The maximum atomic E-state index is 11.3. The van der Waals surface area contributed by atoms with Gasteiger partial charge in [0.15, 0.2) is 6.61 Å². The van der Waals surface area contributed by atoms with Gasteiger partial charge >= 0.3 is 0 Å². The van der Waals surface area contributed by atoms with Crippen molar-refractivity contribution in [3.8, 4) is 5.75 Å². The highest BCUT2D eigenvalue weighted by molar-refractivity contribution is 7.98. The number of thioether (sulfide) groups is 1. The van der Waals surface area contributed by atoms with Gasteiger partial charge in [-0.3, -0.25) is 4.79 Å². The van der Waals surface area contributed by atoms with Gasteiger partial charge in [0.2, 0.25) is 0 Å². The third-order valence-corrected chi connectivity index (χ3v) is 2.52. The summed E-state index contributed by atoms with van der Waals surface area (Å²) in [6.07, 6.45) is 1.99. The molecular formula is C11H16N2O2S. The molecule has 0 spiro atoms. The molecule has 0 aliphatic rings. The zero-order chi connectivity index (χ0) is 11.8. The summed E-state index contributed by atoms with van der Waals surface area (Å²) in [5.41, 5.74) is 6.21. The summed E-state index contributed by atoms with van der Waals surface area (Å²) in [7, 11) is 0. The van der Waals surface area contributed by atoms with E-state index in [0.29, 0.717) is 18.0 Å². The number of hydrogen-bond acceptors (Lipinski definition) is 4. The van der Waals surface area contributed by atoms with Crippen LogP contribution in [0.1, 0.15) is 0 Å². The molecule has 0 radical (unpaired) electrons. The molecule has 5 heteroatoms. The highest BCUT2D eigenvalue weighted by Crippen LogP contribution is 2.19. The second-order valence-electron chi connectivity index (χ2n) is 3.17. The number of nitrogens with one attached hydrogen (secondary N) is 1. The Hall–Kier alpha value is -1.36. The number of anilines is 1. The molecule has 0 saturated heterocycles. The SMILES string of the molecule is CSCCNC(=O)COc1ccccc1N. The topological polar surface area (TPSA) is 64.3 Å². The molecule has 16 heavy (non-hydrogen) atoms. The molecule has 0 bridgehead atoms. The molecular weight excluding hydrogens is 224 g/mol. The average molecular weight is 240 g/mol. The standard InChI is InChI=1S/C11H16N2O2S/c1-16-7-6-13-11(14)8-15-10-5-3-2-4-9(10)12/h2-5H,6-8,12H2,1H3,(H,13,14). The van der Waals surface area contributed by atoms with Crippen LogP contribution >= 0.6 is 11.8 Å². The quantitative estimate of drug-likeness (QED) is 0.578. The summed E-state index contributed by atoms with van der Waals surface area (Å²) in [6, 6.07) is 7.11. The van der Waals surface area contributed by atoms with Crippen LogP contribution in [-0.4, -0.2) is 31.1 Å². The molecule has 0 aliphatic heterocycles. The van der Waals surface area contributed by atoms with Crippen molar-refractivity contribution in [1.29, 1.82) is 0 Å². The van der Waals surface area contributed by atoms with Crippen LogP contribution in [0.2, 0.25) is 0 Å². The van der Waals surface area contributed by atoms with E-state index in [9.17, 15) is 4.79 Å². The molecule has 4 nitrogen and oxygen atoms in total. The van der Waals surface area contributed by atoms with Gasteiger partial charge in [0, 0.05) is 12.3 Å². The van der Waals surface area contributed by atoms with E-state index in [1.807, 2.05) is 18.4 Å². The number of nitrogen functional groups attached to an aromatic ring is 1. The van der Waals surface area contributed by atoms with Crippen LogP contribution in [0.3, 0.4) is 0 Å². The van der Waals surface area contributed by atoms with Crippen molar-refractivity contribution in [2.24, 2.45) is 0 Å². The van der Waals surface area contributed by atoms with Crippen LogP contribution in [0.15, 0.2) is 24.3 Å². The van der Waals surface area contributed by atoms with Crippen molar-refractivity contribution >= 4 is 23.4 Å². The lowest BCUT2D eigenvalue weighted by atomic mass is 10.3. The van der Waals surface area contributed by atoms with E-state index in [1.54, 1.807) is 23.9 Å². The number of benzene rings is 1. The number of rotatable bonds is 6. The molecule has 1 rings (SSSR count). The molecule has 1 aromatic carbocycles. The molecule has 0 atom stereocenters. The molecule has 0 fully saturated rings. The Bertz CT molecular complexity index is 345. The fraction of sp³-hybridized carbons (Fsp3) is 0.364. The smallest absolute Gasteiger partial charge is 0.257 e. The van der Waals surface area contributed by atoms with Gasteiger partial charge < -0.3 is 15.8 Å². The van der Waals surface area contributed by atoms with Crippen molar-refractivity contribution in [2.45, 2.75) is 0 Å². The average Bonchev–Trinajstić information content (AvgIpc) is 2.28. The molecule has 1 amide bonds. The highest BCUT2D eigenvalue weighted by atomic mass is 32.2. The monoisotopic (exact) mass is 240 g/mol. The van der Waals surface area contributed by atoms with E-state index >= 15 is 0 Å². The lowest BCUT2D eigenvalue weighted by Crippen LogP contribution is -2.30. The fourth-order valence-electron chi connectivity index (χ4n) is 1.10. The summed E-state index contributed by atoms with van der Waals surface area (Å²) in [4.78, 5) is 11.3. The van der Waals surface area contributed by atoms with Gasteiger partial charge in [-0.2, -0.15) is 11.8 Å². The summed E-state index contributed by atoms with van der Waals surface area (Å²) in [6.45, 7) is 0.663. The summed E-state index contributed by atoms with van der Waals surface area (Å²) in [5, 5.41) is 2.75. The number of ether oxygens (including phenoxy) is 1. The van der Waals surface area contributed by atoms with Crippen LogP contribution in [0.5, 0.6) is 5.75 Å². The van der Waals surface area contributed by atoms with Gasteiger partial charge in [0.1, 0.15) is 5.75 Å². The molecule has 0 unspecified atom stereocenters. The Balaban J connectivity index is 2.29. The van der Waals surface area contributed by atoms with Crippen LogP contribution in [0, 0.1) is 0 Å². The van der Waals surface area contributed by atoms with Crippen molar-refractivity contribution in [1.82, 2.24) is 5.32 Å². The number of amides is 1. The Morgan fingerprint density at radius 2 is 2.25 bits per heavy atom. The predicted octanol–water partition coefficient (Wildman–Crippen LogP) is 1.13. The first-order valence-electron chi connectivity index (χ1n) is 4.97. The number of para-hydroxylation sites is 2. The molecule has 0 heterocycles. The molecule has 88 valence electrons. The van der Waals surface area contributed by atoms with Gasteiger partial charge in [0.05, 0.1) is 5.69 Å². The zero-order valence-electron chi connectivity index (χ0n) is 9.23. The van der Waals surface area contributed by atoms with E-state index in [2.05, 4.69) is 5.32 Å². The normalized spacial score (nSPS) is 9.81. The van der Waals surface area contributed by atoms with E-state index in [0.717, 1.165) is 5.75 Å². The minimum absolute atomic E-state index is 0.00257. The predicted molar refractivity (Wildman–Crippen MR) is 67.7 cm³/mol. The van der Waals surface area contributed by atoms with E-state index < -0.39 is 0 Å². The number of hydrogen-bond donors (Lipinski definition) is 2. The molecule has 0 saturated carbocycles. The van der Waals surface area contributed by atoms with E-state index in [-0.39, 0.29) is 12.5 Å². The van der Waals surface area contributed by atoms with Gasteiger partial charge in [-0.05, 0) is 18.4 Å². The summed E-state index contributed by atoms with van der Waals surface area (Å²) >= 11 is 1.68. The first-order valence-corrected chi connectivity index (χ1v) is 6.36. The number of carbonyl (C=O) groups is 1. The van der Waals surface area contributed by atoms with Crippen molar-refractivity contribution in [2.75, 3.05) is 30.9 Å². The third kappa shape index (κ3) is 4.44. The largest absolute Gasteiger partial charge is 0.482 e. The third-order valence-electron chi connectivity index (χ3n) is 1.91. The van der Waals surface area contributed by atoms with Crippen LogP contribution in [0.25, 0.3) is 0 Å². The van der Waals surface area contributed by atoms with Crippen LogP contribution in [-0.2, 0) is 4.79 Å². The van der Waals surface area contributed by atoms with Crippen molar-refractivity contribution < 1.29 is 9.53 Å². The molecule has 0 aliphatic carbocycles. The van der Waals surface area contributed by atoms with Crippen LogP contribution in [0.4, 0.5) is 5.69 Å². The van der Waals surface area contributed by atoms with Crippen molar-refractivity contribution in [3.63, 3.8) is 0 Å². The lowest BCUT2D eigenvalue weighted by Gasteiger charge is -2.08. The Kier molecular flexibility index (Phi) is 5.56. The first kappa shape index (κ1) is 12.7. The maximum absolute atomic E-state index is 11.3. The van der Waals surface area contributed by atoms with Crippen LogP contribution < -0.4 is 15.8 Å². The first-order chi connectivity index (χ1) is 7.74. The molecule has 3 N–H and O–H groups in total. The van der Waals surface area contributed by atoms with E-state index in [4.69, 9.17) is 10.5 Å². The minimum atomic E-state index is -0.127. The summed E-state index contributed by atoms with van der Waals surface area (Å²) < 4.78 is 5.29. The minimum Gasteiger partial charge on any atom is -0.482 e. The Labute approximate surface area is 99.5 Å². The number of carbonyl (C=O) groups excluding carboxylic acids is 1. The summed E-state index contributed by atoms with van der Waals surface area (Å²) in [5.74, 6) is 1.32. The second-order valence-corrected chi connectivity index (χ2v) is 4.15. The van der Waals surface area contributed by atoms with Gasteiger partial charge in [-0.1, -0.05) is 12.1 Å². The lowest BCUT2D eigenvalue weighted by molar-refractivity contribution is -0.122. The second kappa shape index (κ2) is 7.00. The van der Waals surface area contributed by atoms with E-state index in [1.165, 1.54) is 0 Å². The highest BCUT2D eigenvalue weighted by Gasteiger charge is 2.03. The molecule has 1 aromatic rings. The van der Waals surface area contributed by atoms with Gasteiger partial charge in [-0.15, -0.1) is 0 Å². The zero-order valence-corrected chi connectivity index (χ0v) is 10.0. The Morgan fingerprint density at radius 1 is 1.50 bits per heavy atom. The van der Waals surface area contributed by atoms with Crippen molar-refractivity contribution in [3.05, 3.63) is 24.3 Å². The fourth-order valence-corrected chi connectivity index (χ4v) is 1.41. The number of nitrogens with two attached hydrogens (primary N) is 1. The Morgan fingerprint density at radius 3 is 2.94 bits per heavy atom. The molecule has 0 aromatic heterocycles. The van der Waals surface area contributed by atoms with Gasteiger partial charge in [0.25, 0.3) is 5.91 Å².